The highest BCUT2D eigenvalue weighted by molar-refractivity contribution is 5.70. The fourth-order valence-corrected chi connectivity index (χ4v) is 3.51. The molecule has 146 valence electrons. The monoisotopic (exact) mass is 383 g/mol. The third-order valence-electron chi connectivity index (χ3n) is 5.18. The zero-order valence-electron chi connectivity index (χ0n) is 17.0. The van der Waals surface area contributed by atoms with Crippen molar-refractivity contribution in [2.75, 3.05) is 0 Å². The van der Waals surface area contributed by atoms with Gasteiger partial charge in [-0.1, -0.05) is 68.5 Å². The van der Waals surface area contributed by atoms with Crippen molar-refractivity contribution in [2.45, 2.75) is 39.7 Å². The van der Waals surface area contributed by atoms with E-state index in [1.54, 1.807) is 6.08 Å². The van der Waals surface area contributed by atoms with E-state index >= 15 is 0 Å². The number of benzene rings is 2. The van der Waals surface area contributed by atoms with Crippen LogP contribution in [0.4, 0.5) is 0 Å². The molecule has 0 N–H and O–H groups in total. The molecule has 0 unspecified atom stereocenters. The Kier molecular flexibility index (Phi) is 6.41. The smallest absolute Gasteiger partial charge is 0.280 e. The Morgan fingerprint density at radius 1 is 1.17 bits per heavy atom. The molecule has 0 radical (unpaired) electrons. The molecule has 1 heterocycles. The quantitative estimate of drug-likeness (QED) is 0.569. The Morgan fingerprint density at radius 2 is 1.90 bits per heavy atom. The van der Waals surface area contributed by atoms with E-state index in [0.29, 0.717) is 17.7 Å². The van der Waals surface area contributed by atoms with Crippen molar-refractivity contribution in [3.63, 3.8) is 0 Å². The SMILES string of the molecule is C=Cc1c(C)n(Cc2ccc(-c3ccccc3C#N)cc2)c(CCCC)nc1=O. The van der Waals surface area contributed by atoms with Gasteiger partial charge >= 0.3 is 0 Å². The standard InChI is InChI=1S/C25H25N3O/c1-4-6-11-24-27-25(29)22(5-2)18(3)28(24)17-19-12-14-20(15-13-19)23-10-8-7-9-21(23)16-26/h5,7-10,12-15H,2,4,6,11,17H2,1,3H3. The number of hydrogen-bond acceptors (Lipinski definition) is 3. The van der Waals surface area contributed by atoms with E-state index in [2.05, 4.69) is 41.3 Å². The highest BCUT2D eigenvalue weighted by atomic mass is 16.1. The van der Waals surface area contributed by atoms with E-state index < -0.39 is 0 Å². The van der Waals surface area contributed by atoms with Gasteiger partial charge in [-0.2, -0.15) is 10.2 Å². The molecule has 3 rings (SSSR count). The third-order valence-corrected chi connectivity index (χ3v) is 5.18. The van der Waals surface area contributed by atoms with Gasteiger partial charge in [0.1, 0.15) is 5.82 Å². The zero-order valence-corrected chi connectivity index (χ0v) is 17.0. The molecular weight excluding hydrogens is 358 g/mol. The normalized spacial score (nSPS) is 10.5. The van der Waals surface area contributed by atoms with Gasteiger partial charge in [0.25, 0.3) is 5.56 Å². The topological polar surface area (TPSA) is 58.7 Å². The summed E-state index contributed by atoms with van der Waals surface area (Å²) in [6, 6.07) is 18.1. The van der Waals surface area contributed by atoms with Gasteiger partial charge in [0, 0.05) is 18.7 Å². The van der Waals surface area contributed by atoms with Gasteiger partial charge in [0.2, 0.25) is 0 Å². The average molecular weight is 383 g/mol. The molecule has 0 saturated carbocycles. The van der Waals surface area contributed by atoms with Crippen LogP contribution in [0.2, 0.25) is 0 Å². The summed E-state index contributed by atoms with van der Waals surface area (Å²) in [7, 11) is 0. The van der Waals surface area contributed by atoms with Crippen molar-refractivity contribution in [3.8, 4) is 17.2 Å². The summed E-state index contributed by atoms with van der Waals surface area (Å²) in [5.74, 6) is 0.818. The van der Waals surface area contributed by atoms with Crippen LogP contribution in [0.25, 0.3) is 17.2 Å². The van der Waals surface area contributed by atoms with Crippen molar-refractivity contribution >= 4 is 6.08 Å². The van der Waals surface area contributed by atoms with Gasteiger partial charge < -0.3 is 4.57 Å². The highest BCUT2D eigenvalue weighted by Crippen LogP contribution is 2.24. The maximum atomic E-state index is 12.3. The Hall–Kier alpha value is -3.45. The maximum absolute atomic E-state index is 12.3. The van der Waals surface area contributed by atoms with Gasteiger partial charge in [-0.25, -0.2) is 0 Å². The van der Waals surface area contributed by atoms with Crippen molar-refractivity contribution in [1.82, 2.24) is 9.55 Å². The summed E-state index contributed by atoms with van der Waals surface area (Å²) in [4.78, 5) is 16.6. The Labute approximate surface area is 171 Å². The molecule has 4 heteroatoms. The second-order valence-electron chi connectivity index (χ2n) is 7.08. The summed E-state index contributed by atoms with van der Waals surface area (Å²) in [6.07, 6.45) is 4.40. The van der Waals surface area contributed by atoms with Crippen LogP contribution in [0.5, 0.6) is 0 Å². The number of unbranched alkanes of at least 4 members (excludes halogenated alkanes) is 1. The number of aromatic nitrogens is 2. The summed E-state index contributed by atoms with van der Waals surface area (Å²) >= 11 is 0. The fourth-order valence-electron chi connectivity index (χ4n) is 3.51. The van der Waals surface area contributed by atoms with Crippen molar-refractivity contribution < 1.29 is 0 Å². The lowest BCUT2D eigenvalue weighted by Gasteiger charge is -2.18. The Morgan fingerprint density at radius 3 is 2.55 bits per heavy atom. The minimum absolute atomic E-state index is 0.205. The van der Waals surface area contributed by atoms with E-state index in [4.69, 9.17) is 0 Å². The van der Waals surface area contributed by atoms with Crippen LogP contribution in [-0.2, 0) is 13.0 Å². The van der Waals surface area contributed by atoms with E-state index in [0.717, 1.165) is 47.5 Å². The minimum Gasteiger partial charge on any atom is -0.329 e. The van der Waals surface area contributed by atoms with Crippen LogP contribution in [0.1, 0.15) is 48.0 Å². The van der Waals surface area contributed by atoms with Crippen LogP contribution < -0.4 is 5.56 Å². The molecule has 2 aromatic carbocycles. The lowest BCUT2D eigenvalue weighted by atomic mass is 9.99. The average Bonchev–Trinajstić information content (AvgIpc) is 2.75. The second-order valence-corrected chi connectivity index (χ2v) is 7.08. The summed E-state index contributed by atoms with van der Waals surface area (Å²) in [6.45, 7) is 8.49. The lowest BCUT2D eigenvalue weighted by molar-refractivity contribution is 0.632. The van der Waals surface area contributed by atoms with E-state index in [1.165, 1.54) is 0 Å². The van der Waals surface area contributed by atoms with Gasteiger partial charge in [0.05, 0.1) is 17.2 Å². The first-order valence-corrected chi connectivity index (χ1v) is 9.90. The molecule has 0 spiro atoms. The second kappa shape index (κ2) is 9.16. The number of nitriles is 1. The summed E-state index contributed by atoms with van der Waals surface area (Å²) in [5.41, 5.74) is 4.97. The molecule has 0 aliphatic heterocycles. The van der Waals surface area contributed by atoms with Crippen molar-refractivity contribution in [3.05, 3.63) is 93.7 Å². The van der Waals surface area contributed by atoms with E-state index in [-0.39, 0.29) is 5.56 Å². The predicted molar refractivity (Wildman–Crippen MR) is 118 cm³/mol. The van der Waals surface area contributed by atoms with Gasteiger partial charge in [-0.3, -0.25) is 4.79 Å². The maximum Gasteiger partial charge on any atom is 0.280 e. The highest BCUT2D eigenvalue weighted by Gasteiger charge is 2.13. The van der Waals surface area contributed by atoms with Crippen molar-refractivity contribution in [1.29, 1.82) is 5.26 Å². The molecule has 29 heavy (non-hydrogen) atoms. The van der Waals surface area contributed by atoms with E-state index in [1.807, 2.05) is 43.3 Å². The first kappa shape index (κ1) is 20.3. The van der Waals surface area contributed by atoms with Crippen LogP contribution >= 0.6 is 0 Å². The number of hydrogen-bond donors (Lipinski definition) is 0. The van der Waals surface area contributed by atoms with Crippen molar-refractivity contribution in [2.24, 2.45) is 0 Å². The number of nitrogens with zero attached hydrogens (tertiary/aromatic N) is 3. The molecule has 0 bridgehead atoms. The molecule has 0 fully saturated rings. The van der Waals surface area contributed by atoms with Gasteiger partial charge in [0.15, 0.2) is 0 Å². The molecule has 0 atom stereocenters. The van der Waals surface area contributed by atoms with E-state index in [9.17, 15) is 10.1 Å². The molecule has 3 aromatic rings. The lowest BCUT2D eigenvalue weighted by Crippen LogP contribution is -2.23. The molecular formula is C25H25N3O. The summed E-state index contributed by atoms with van der Waals surface area (Å²) < 4.78 is 2.12. The first-order valence-electron chi connectivity index (χ1n) is 9.90. The Bertz CT molecular complexity index is 1120. The van der Waals surface area contributed by atoms with Crippen LogP contribution in [0.15, 0.2) is 59.9 Å². The number of rotatable bonds is 7. The molecule has 1 aromatic heterocycles. The number of aryl methyl sites for hydroxylation is 1. The molecule has 0 amide bonds. The molecule has 0 aliphatic rings. The van der Waals surface area contributed by atoms with Gasteiger partial charge in [-0.05, 0) is 36.1 Å². The van der Waals surface area contributed by atoms with Crippen LogP contribution in [0.3, 0.4) is 0 Å². The van der Waals surface area contributed by atoms with Gasteiger partial charge in [-0.15, -0.1) is 0 Å². The largest absolute Gasteiger partial charge is 0.329 e. The minimum atomic E-state index is -0.205. The van der Waals surface area contributed by atoms with Crippen LogP contribution in [0, 0.1) is 18.3 Å². The third kappa shape index (κ3) is 4.35. The molecule has 0 aliphatic carbocycles. The van der Waals surface area contributed by atoms with Crippen LogP contribution in [-0.4, -0.2) is 9.55 Å². The molecule has 4 nitrogen and oxygen atoms in total. The zero-order chi connectivity index (χ0) is 20.8. The summed E-state index contributed by atoms with van der Waals surface area (Å²) in [5, 5.41) is 9.34. The predicted octanol–water partition coefficient (Wildman–Crippen LogP) is 5.12. The first-order chi connectivity index (χ1) is 14.1. The Balaban J connectivity index is 1.97. The fraction of sp³-hybridized carbons (Fsp3) is 0.240. The molecule has 0 saturated heterocycles.